The van der Waals surface area contributed by atoms with Gasteiger partial charge in [-0.3, -0.25) is 4.90 Å². The Bertz CT molecular complexity index is 576. The molecule has 1 fully saturated rings. The lowest BCUT2D eigenvalue weighted by molar-refractivity contribution is 0.175. The van der Waals surface area contributed by atoms with E-state index in [1.165, 1.54) is 49.7 Å². The third-order valence-corrected chi connectivity index (χ3v) is 5.62. The van der Waals surface area contributed by atoms with Crippen LogP contribution in [0.15, 0.2) is 42.0 Å². The zero-order valence-corrected chi connectivity index (χ0v) is 15.9. The maximum atomic E-state index is 12.0. The van der Waals surface area contributed by atoms with E-state index in [4.69, 9.17) is 0 Å². The number of carbonyl (C=O) groups is 1. The first kappa shape index (κ1) is 19.0. The molecule has 0 spiro atoms. The summed E-state index contributed by atoms with van der Waals surface area (Å²) >= 11 is 0. The molecular formula is C22H33N3O. The Morgan fingerprint density at radius 3 is 2.62 bits per heavy atom. The van der Waals surface area contributed by atoms with Crippen molar-refractivity contribution in [3.05, 3.63) is 47.5 Å². The molecule has 1 aliphatic heterocycles. The highest BCUT2D eigenvalue weighted by molar-refractivity contribution is 5.73. The van der Waals surface area contributed by atoms with E-state index in [1.807, 2.05) is 0 Å². The van der Waals surface area contributed by atoms with Gasteiger partial charge in [-0.1, -0.05) is 42.0 Å². The van der Waals surface area contributed by atoms with Gasteiger partial charge in [0.05, 0.1) is 0 Å². The van der Waals surface area contributed by atoms with Crippen LogP contribution in [0, 0.1) is 5.92 Å². The van der Waals surface area contributed by atoms with Crippen molar-refractivity contribution in [3.8, 4) is 0 Å². The molecule has 0 atom stereocenters. The van der Waals surface area contributed by atoms with E-state index >= 15 is 0 Å². The molecule has 4 heteroatoms. The Kier molecular flexibility index (Phi) is 7.56. The second-order valence-corrected chi connectivity index (χ2v) is 7.70. The molecule has 26 heavy (non-hydrogen) atoms. The smallest absolute Gasteiger partial charge is 0.314 e. The minimum Gasteiger partial charge on any atom is -0.338 e. The average Bonchev–Trinajstić information content (AvgIpc) is 2.69. The van der Waals surface area contributed by atoms with Crippen LogP contribution in [0.25, 0.3) is 0 Å². The lowest BCUT2D eigenvalue weighted by Gasteiger charge is -2.32. The van der Waals surface area contributed by atoms with Crippen molar-refractivity contribution in [2.24, 2.45) is 5.92 Å². The fraction of sp³-hybridized carbons (Fsp3) is 0.591. The van der Waals surface area contributed by atoms with Gasteiger partial charge in [0.15, 0.2) is 0 Å². The van der Waals surface area contributed by atoms with Gasteiger partial charge in [0.2, 0.25) is 0 Å². The maximum Gasteiger partial charge on any atom is 0.314 e. The van der Waals surface area contributed by atoms with Crippen molar-refractivity contribution < 1.29 is 4.79 Å². The van der Waals surface area contributed by atoms with E-state index in [1.54, 1.807) is 0 Å². The number of carbonyl (C=O) groups excluding carboxylic acids is 1. The van der Waals surface area contributed by atoms with Gasteiger partial charge < -0.3 is 10.6 Å². The number of rotatable bonds is 7. The summed E-state index contributed by atoms with van der Waals surface area (Å²) in [5.41, 5.74) is 2.90. The minimum absolute atomic E-state index is 0.00637. The van der Waals surface area contributed by atoms with Gasteiger partial charge in [-0.15, -0.1) is 0 Å². The molecule has 1 aromatic rings. The van der Waals surface area contributed by atoms with Crippen molar-refractivity contribution in [3.63, 3.8) is 0 Å². The van der Waals surface area contributed by atoms with Crippen LogP contribution in [-0.4, -0.2) is 37.1 Å². The first-order valence-electron chi connectivity index (χ1n) is 10.3. The summed E-state index contributed by atoms with van der Waals surface area (Å²) in [6.45, 7) is 4.84. The Morgan fingerprint density at radius 2 is 1.88 bits per heavy atom. The number of likely N-dealkylation sites (tertiary alicyclic amines) is 1. The Labute approximate surface area is 158 Å². The Hall–Kier alpha value is -1.81. The maximum absolute atomic E-state index is 12.0. The number of piperidine rings is 1. The number of amides is 2. The zero-order valence-electron chi connectivity index (χ0n) is 15.9. The Balaban J connectivity index is 1.26. The molecule has 0 bridgehead atoms. The van der Waals surface area contributed by atoms with Gasteiger partial charge in [-0.25, -0.2) is 4.79 Å². The predicted molar refractivity (Wildman–Crippen MR) is 107 cm³/mol. The molecule has 1 aliphatic carbocycles. The van der Waals surface area contributed by atoms with Crippen molar-refractivity contribution in [2.75, 3.05) is 26.2 Å². The fourth-order valence-corrected chi connectivity index (χ4v) is 3.96. The minimum atomic E-state index is -0.00637. The van der Waals surface area contributed by atoms with Crippen LogP contribution in [-0.2, 0) is 6.54 Å². The number of allylic oxidation sites excluding steroid dienone is 1. The largest absolute Gasteiger partial charge is 0.338 e. The van der Waals surface area contributed by atoms with Gasteiger partial charge in [-0.05, 0) is 69.5 Å². The fourth-order valence-electron chi connectivity index (χ4n) is 3.96. The number of nitrogens with zero attached hydrogens (tertiary/aromatic N) is 1. The average molecular weight is 356 g/mol. The van der Waals surface area contributed by atoms with Crippen molar-refractivity contribution in [1.82, 2.24) is 15.5 Å². The molecule has 1 saturated heterocycles. The van der Waals surface area contributed by atoms with Crippen molar-refractivity contribution in [2.45, 2.75) is 51.5 Å². The number of hydrogen-bond donors (Lipinski definition) is 2. The van der Waals surface area contributed by atoms with Gasteiger partial charge in [-0.2, -0.15) is 0 Å². The lowest BCUT2D eigenvalue weighted by Crippen LogP contribution is -2.42. The van der Waals surface area contributed by atoms with Gasteiger partial charge in [0.25, 0.3) is 0 Å². The van der Waals surface area contributed by atoms with Crippen LogP contribution in [0.4, 0.5) is 4.79 Å². The normalized spacial score (nSPS) is 19.0. The lowest BCUT2D eigenvalue weighted by atomic mass is 9.96. The summed E-state index contributed by atoms with van der Waals surface area (Å²) in [6, 6.07) is 10.7. The standard InChI is InChI=1S/C22H33N3O/c26-22(23-14-11-19-7-3-1-4-8-19)24-17-20-12-15-25(16-13-20)18-21-9-5-2-6-10-21/h2,5-7,9-10,20H,1,3-4,8,11-18H2,(H2,23,24,26). The third kappa shape index (κ3) is 6.49. The topological polar surface area (TPSA) is 44.4 Å². The molecule has 0 radical (unpaired) electrons. The number of urea groups is 1. The second-order valence-electron chi connectivity index (χ2n) is 7.70. The van der Waals surface area contributed by atoms with Crippen LogP contribution >= 0.6 is 0 Å². The van der Waals surface area contributed by atoms with Gasteiger partial charge in [0.1, 0.15) is 0 Å². The summed E-state index contributed by atoms with van der Waals surface area (Å²) in [7, 11) is 0. The van der Waals surface area contributed by atoms with Crippen LogP contribution in [0.3, 0.4) is 0 Å². The summed E-state index contributed by atoms with van der Waals surface area (Å²) in [4.78, 5) is 14.5. The molecule has 142 valence electrons. The highest BCUT2D eigenvalue weighted by Gasteiger charge is 2.19. The van der Waals surface area contributed by atoms with E-state index in [0.717, 1.165) is 39.1 Å². The second kappa shape index (κ2) is 10.4. The summed E-state index contributed by atoms with van der Waals surface area (Å²) in [6.07, 6.45) is 10.7. The first-order valence-corrected chi connectivity index (χ1v) is 10.3. The predicted octanol–water partition coefficient (Wildman–Crippen LogP) is 4.09. The molecule has 3 rings (SSSR count). The Morgan fingerprint density at radius 1 is 1.08 bits per heavy atom. The SMILES string of the molecule is O=C(NCCC1=CCCCC1)NCC1CCN(Cc2ccccc2)CC1. The molecule has 2 N–H and O–H groups in total. The molecule has 1 heterocycles. The highest BCUT2D eigenvalue weighted by Crippen LogP contribution is 2.20. The number of nitrogens with one attached hydrogen (secondary N) is 2. The number of benzene rings is 1. The highest BCUT2D eigenvalue weighted by atomic mass is 16.2. The van der Waals surface area contributed by atoms with Gasteiger partial charge >= 0.3 is 6.03 Å². The quantitative estimate of drug-likeness (QED) is 0.724. The molecule has 4 nitrogen and oxygen atoms in total. The molecule has 0 aromatic heterocycles. The molecule has 0 unspecified atom stereocenters. The zero-order chi connectivity index (χ0) is 18.0. The molecule has 1 aromatic carbocycles. The third-order valence-electron chi connectivity index (χ3n) is 5.62. The molecular weight excluding hydrogens is 322 g/mol. The van der Waals surface area contributed by atoms with E-state index < -0.39 is 0 Å². The summed E-state index contributed by atoms with van der Waals surface area (Å²) < 4.78 is 0. The van der Waals surface area contributed by atoms with E-state index in [-0.39, 0.29) is 6.03 Å². The van der Waals surface area contributed by atoms with Crippen molar-refractivity contribution >= 4 is 6.03 Å². The van der Waals surface area contributed by atoms with Crippen LogP contribution in [0.5, 0.6) is 0 Å². The molecule has 2 aliphatic rings. The summed E-state index contributed by atoms with van der Waals surface area (Å²) in [5.74, 6) is 0.605. The molecule has 0 saturated carbocycles. The molecule has 2 amide bonds. The number of hydrogen-bond acceptors (Lipinski definition) is 2. The monoisotopic (exact) mass is 355 g/mol. The first-order chi connectivity index (χ1) is 12.8. The van der Waals surface area contributed by atoms with Gasteiger partial charge in [0, 0.05) is 19.6 Å². The van der Waals surface area contributed by atoms with Crippen LogP contribution in [0.1, 0.15) is 50.5 Å². The van der Waals surface area contributed by atoms with Crippen molar-refractivity contribution in [1.29, 1.82) is 0 Å². The van der Waals surface area contributed by atoms with E-state index in [0.29, 0.717) is 5.92 Å². The van der Waals surface area contributed by atoms with E-state index in [9.17, 15) is 4.79 Å². The van der Waals surface area contributed by atoms with E-state index in [2.05, 4.69) is 51.9 Å². The van der Waals surface area contributed by atoms with Crippen LogP contribution < -0.4 is 10.6 Å². The summed E-state index contributed by atoms with van der Waals surface area (Å²) in [5, 5.41) is 6.08. The van der Waals surface area contributed by atoms with Crippen LogP contribution in [0.2, 0.25) is 0 Å².